The summed E-state index contributed by atoms with van der Waals surface area (Å²) in [5.74, 6) is -1.02. The van der Waals surface area contributed by atoms with Gasteiger partial charge in [0, 0.05) is 19.1 Å². The molecule has 1 saturated carbocycles. The maximum absolute atomic E-state index is 12.6. The molecule has 7 nitrogen and oxygen atoms in total. The standard InChI is InChI=1S/C19H26N2O5S/c22-18(20-16-8-2-1-3-9-16)14-26-19(23)15-7-6-10-17(13-15)27(24,25)21-11-4-5-12-21/h6-7,10,13,16H,1-5,8-9,11-12,14H2,(H,20,22). The van der Waals surface area contributed by atoms with Crippen molar-refractivity contribution in [1.29, 1.82) is 0 Å². The summed E-state index contributed by atoms with van der Waals surface area (Å²) in [4.78, 5) is 24.3. The van der Waals surface area contributed by atoms with Crippen molar-refractivity contribution in [3.8, 4) is 0 Å². The van der Waals surface area contributed by atoms with Crippen LogP contribution >= 0.6 is 0 Å². The Hall–Kier alpha value is -1.93. The lowest BCUT2D eigenvalue weighted by molar-refractivity contribution is -0.125. The fourth-order valence-electron chi connectivity index (χ4n) is 3.59. The number of amides is 1. The van der Waals surface area contributed by atoms with Crippen molar-refractivity contribution in [2.45, 2.75) is 55.9 Å². The Morgan fingerprint density at radius 2 is 1.78 bits per heavy atom. The van der Waals surface area contributed by atoms with Gasteiger partial charge in [0.15, 0.2) is 6.61 Å². The van der Waals surface area contributed by atoms with Gasteiger partial charge in [-0.05, 0) is 43.9 Å². The van der Waals surface area contributed by atoms with Crippen molar-refractivity contribution < 1.29 is 22.7 Å². The van der Waals surface area contributed by atoms with Gasteiger partial charge >= 0.3 is 5.97 Å². The van der Waals surface area contributed by atoms with Crippen LogP contribution in [0, 0.1) is 0 Å². The molecule has 0 aromatic heterocycles. The van der Waals surface area contributed by atoms with E-state index in [-0.39, 0.29) is 29.0 Å². The maximum atomic E-state index is 12.6. The number of carbonyl (C=O) groups excluding carboxylic acids is 2. The number of hydrogen-bond acceptors (Lipinski definition) is 5. The summed E-state index contributed by atoms with van der Waals surface area (Å²) in [6, 6.07) is 5.94. The Kier molecular flexibility index (Phi) is 6.49. The lowest BCUT2D eigenvalue weighted by Crippen LogP contribution is -2.38. The van der Waals surface area contributed by atoms with Gasteiger partial charge in [-0.15, -0.1) is 0 Å². The van der Waals surface area contributed by atoms with Gasteiger partial charge in [-0.25, -0.2) is 13.2 Å². The van der Waals surface area contributed by atoms with Crippen LogP contribution in [0.5, 0.6) is 0 Å². The largest absolute Gasteiger partial charge is 0.452 e. The number of nitrogens with zero attached hydrogens (tertiary/aromatic N) is 1. The average molecular weight is 394 g/mol. The van der Waals surface area contributed by atoms with Crippen molar-refractivity contribution >= 4 is 21.9 Å². The molecule has 148 valence electrons. The van der Waals surface area contributed by atoms with E-state index in [4.69, 9.17) is 4.74 Å². The van der Waals surface area contributed by atoms with Crippen LogP contribution in [0.4, 0.5) is 0 Å². The highest BCUT2D eigenvalue weighted by Crippen LogP contribution is 2.22. The van der Waals surface area contributed by atoms with Gasteiger partial charge in [0.2, 0.25) is 10.0 Å². The Balaban J connectivity index is 1.57. The summed E-state index contributed by atoms with van der Waals surface area (Å²) >= 11 is 0. The minimum Gasteiger partial charge on any atom is -0.452 e. The van der Waals surface area contributed by atoms with E-state index in [9.17, 15) is 18.0 Å². The van der Waals surface area contributed by atoms with Crippen LogP contribution in [0.15, 0.2) is 29.2 Å². The Morgan fingerprint density at radius 1 is 1.07 bits per heavy atom. The monoisotopic (exact) mass is 394 g/mol. The number of hydrogen-bond donors (Lipinski definition) is 1. The van der Waals surface area contributed by atoms with Crippen molar-refractivity contribution in [2.24, 2.45) is 0 Å². The van der Waals surface area contributed by atoms with Gasteiger partial charge in [0.1, 0.15) is 0 Å². The zero-order chi connectivity index (χ0) is 19.3. The predicted molar refractivity (Wildman–Crippen MR) is 99.7 cm³/mol. The molecule has 1 aromatic rings. The fraction of sp³-hybridized carbons (Fsp3) is 0.579. The SMILES string of the molecule is O=C(COC(=O)c1cccc(S(=O)(=O)N2CCCC2)c1)NC1CCCCC1. The molecule has 2 fully saturated rings. The number of nitrogens with one attached hydrogen (secondary N) is 1. The summed E-state index contributed by atoms with van der Waals surface area (Å²) in [7, 11) is -3.60. The van der Waals surface area contributed by atoms with Crippen molar-refractivity contribution in [3.05, 3.63) is 29.8 Å². The molecule has 1 aromatic carbocycles. The molecule has 27 heavy (non-hydrogen) atoms. The lowest BCUT2D eigenvalue weighted by atomic mass is 9.95. The van der Waals surface area contributed by atoms with E-state index < -0.39 is 16.0 Å². The van der Waals surface area contributed by atoms with E-state index in [1.165, 1.54) is 35.0 Å². The topological polar surface area (TPSA) is 92.8 Å². The molecule has 2 aliphatic rings. The van der Waals surface area contributed by atoms with Crippen LogP contribution in [-0.2, 0) is 19.6 Å². The molecule has 1 N–H and O–H groups in total. The van der Waals surface area contributed by atoms with Crippen molar-refractivity contribution in [2.75, 3.05) is 19.7 Å². The van der Waals surface area contributed by atoms with Gasteiger partial charge in [-0.2, -0.15) is 4.31 Å². The van der Waals surface area contributed by atoms with Crippen molar-refractivity contribution in [3.63, 3.8) is 0 Å². The number of esters is 1. The molecule has 1 aliphatic heterocycles. The average Bonchev–Trinajstić information content (AvgIpc) is 3.23. The number of ether oxygens (including phenoxy) is 1. The molecular weight excluding hydrogens is 368 g/mol. The fourth-order valence-corrected chi connectivity index (χ4v) is 5.16. The highest BCUT2D eigenvalue weighted by Gasteiger charge is 2.28. The van der Waals surface area contributed by atoms with E-state index in [0.29, 0.717) is 13.1 Å². The minimum atomic E-state index is -3.60. The van der Waals surface area contributed by atoms with Gasteiger partial charge < -0.3 is 10.1 Å². The van der Waals surface area contributed by atoms with Crippen LogP contribution in [0.3, 0.4) is 0 Å². The third-order valence-corrected chi connectivity index (χ3v) is 6.97. The van der Waals surface area contributed by atoms with Crippen LogP contribution in [0.1, 0.15) is 55.3 Å². The Bertz CT molecular complexity index is 781. The summed E-state index contributed by atoms with van der Waals surface area (Å²) in [6.07, 6.45) is 6.99. The van der Waals surface area contributed by atoms with Gasteiger partial charge in [-0.1, -0.05) is 25.3 Å². The molecule has 8 heteroatoms. The molecule has 1 aliphatic carbocycles. The molecule has 1 heterocycles. The third-order valence-electron chi connectivity index (χ3n) is 5.08. The predicted octanol–water partition coefficient (Wildman–Crippen LogP) is 2.08. The summed E-state index contributed by atoms with van der Waals surface area (Å²) in [5, 5.41) is 2.88. The molecule has 0 atom stereocenters. The zero-order valence-electron chi connectivity index (χ0n) is 15.4. The first-order valence-corrected chi connectivity index (χ1v) is 11.0. The van der Waals surface area contributed by atoms with Crippen molar-refractivity contribution in [1.82, 2.24) is 9.62 Å². The lowest BCUT2D eigenvalue weighted by Gasteiger charge is -2.22. The summed E-state index contributed by atoms with van der Waals surface area (Å²) < 4.78 is 31.7. The molecule has 3 rings (SSSR count). The van der Waals surface area contributed by atoms with Gasteiger partial charge in [0.25, 0.3) is 5.91 Å². The van der Waals surface area contributed by atoms with Crippen LogP contribution in [0.2, 0.25) is 0 Å². The van der Waals surface area contributed by atoms with E-state index in [0.717, 1.165) is 38.5 Å². The maximum Gasteiger partial charge on any atom is 0.338 e. The minimum absolute atomic E-state index is 0.0745. The second-order valence-electron chi connectivity index (χ2n) is 7.12. The molecule has 0 radical (unpaired) electrons. The Morgan fingerprint density at radius 3 is 2.48 bits per heavy atom. The molecule has 0 unspecified atom stereocenters. The van der Waals surface area contributed by atoms with E-state index in [1.54, 1.807) is 0 Å². The molecule has 0 bridgehead atoms. The third kappa shape index (κ3) is 5.07. The second kappa shape index (κ2) is 8.84. The first kappa shape index (κ1) is 19.8. The number of sulfonamides is 1. The van der Waals surface area contributed by atoms with E-state index >= 15 is 0 Å². The highest BCUT2D eigenvalue weighted by molar-refractivity contribution is 7.89. The molecular formula is C19H26N2O5S. The van der Waals surface area contributed by atoms with Crippen LogP contribution < -0.4 is 5.32 Å². The number of benzene rings is 1. The summed E-state index contributed by atoms with van der Waals surface area (Å²) in [5.41, 5.74) is 0.126. The van der Waals surface area contributed by atoms with Gasteiger partial charge in [-0.3, -0.25) is 4.79 Å². The molecule has 1 saturated heterocycles. The van der Waals surface area contributed by atoms with E-state index in [2.05, 4.69) is 5.32 Å². The smallest absolute Gasteiger partial charge is 0.338 e. The molecule has 0 spiro atoms. The zero-order valence-corrected chi connectivity index (χ0v) is 16.2. The quantitative estimate of drug-likeness (QED) is 0.746. The van der Waals surface area contributed by atoms with Crippen LogP contribution in [0.25, 0.3) is 0 Å². The first-order valence-electron chi connectivity index (χ1n) is 9.53. The summed E-state index contributed by atoms with van der Waals surface area (Å²) in [6.45, 7) is 0.634. The van der Waals surface area contributed by atoms with E-state index in [1.807, 2.05) is 0 Å². The first-order chi connectivity index (χ1) is 13.0. The Labute approximate surface area is 160 Å². The normalized spacial score (nSPS) is 19.0. The van der Waals surface area contributed by atoms with Gasteiger partial charge in [0.05, 0.1) is 10.5 Å². The second-order valence-corrected chi connectivity index (χ2v) is 9.06. The van der Waals surface area contributed by atoms with Crippen LogP contribution in [-0.4, -0.2) is 50.3 Å². The molecule has 1 amide bonds. The number of carbonyl (C=O) groups is 2. The highest BCUT2D eigenvalue weighted by atomic mass is 32.2. The number of rotatable bonds is 6.